The Morgan fingerprint density at radius 3 is 2.72 bits per heavy atom. The van der Waals surface area contributed by atoms with Crippen LogP contribution in [-0.2, 0) is 11.3 Å². The molecule has 1 heterocycles. The Morgan fingerprint density at radius 2 is 2.11 bits per heavy atom. The average Bonchev–Trinajstić information content (AvgIpc) is 2.36. The molecule has 102 valence electrons. The number of aryl methyl sites for hydroxylation is 1. The maximum atomic E-state index is 5.25. The largest absolute Gasteiger partial charge is 0.497 e. The first-order valence-corrected chi connectivity index (χ1v) is 6.43. The minimum Gasteiger partial charge on any atom is -0.497 e. The van der Waals surface area contributed by atoms with Crippen molar-refractivity contribution in [3.8, 4) is 5.75 Å². The summed E-state index contributed by atoms with van der Waals surface area (Å²) in [6.07, 6.45) is 2.25. The van der Waals surface area contributed by atoms with E-state index in [0.717, 1.165) is 43.1 Å². The van der Waals surface area contributed by atoms with Crippen molar-refractivity contribution in [1.29, 1.82) is 0 Å². The van der Waals surface area contributed by atoms with Crippen molar-refractivity contribution in [2.45, 2.75) is 39.3 Å². The Labute approximate surface area is 110 Å². The average molecular weight is 252 g/mol. The number of nitrogens with zero attached hydrogens (tertiary/aromatic N) is 1. The van der Waals surface area contributed by atoms with Crippen molar-refractivity contribution in [3.05, 3.63) is 23.5 Å². The summed E-state index contributed by atoms with van der Waals surface area (Å²) < 4.78 is 10.5. The molecule has 1 atom stereocenters. The van der Waals surface area contributed by atoms with Crippen molar-refractivity contribution < 1.29 is 9.47 Å². The number of hydrogen-bond donors (Lipinski definition) is 1. The predicted octanol–water partition coefficient (Wildman–Crippen LogP) is 2.30. The summed E-state index contributed by atoms with van der Waals surface area (Å²) in [5.74, 6) is 0.859. The fourth-order valence-corrected chi connectivity index (χ4v) is 1.95. The SMILES string of the molecule is CCCC(COC)NCc1cc(OC)cc(C)n1. The highest BCUT2D eigenvalue weighted by atomic mass is 16.5. The molecule has 1 rings (SSSR count). The van der Waals surface area contributed by atoms with Crippen LogP contribution >= 0.6 is 0 Å². The van der Waals surface area contributed by atoms with Gasteiger partial charge in [0.1, 0.15) is 5.75 Å². The molecule has 0 fully saturated rings. The maximum Gasteiger partial charge on any atom is 0.122 e. The van der Waals surface area contributed by atoms with E-state index in [1.807, 2.05) is 19.1 Å². The summed E-state index contributed by atoms with van der Waals surface area (Å²) in [4.78, 5) is 4.49. The zero-order valence-corrected chi connectivity index (χ0v) is 11.8. The van der Waals surface area contributed by atoms with Crippen LogP contribution in [0.3, 0.4) is 0 Å². The monoisotopic (exact) mass is 252 g/mol. The van der Waals surface area contributed by atoms with E-state index < -0.39 is 0 Å². The Hall–Kier alpha value is -1.13. The fraction of sp³-hybridized carbons (Fsp3) is 0.643. The highest BCUT2D eigenvalue weighted by Gasteiger charge is 2.08. The van der Waals surface area contributed by atoms with E-state index in [9.17, 15) is 0 Å². The molecule has 1 N–H and O–H groups in total. The lowest BCUT2D eigenvalue weighted by molar-refractivity contribution is 0.161. The predicted molar refractivity (Wildman–Crippen MR) is 72.9 cm³/mol. The van der Waals surface area contributed by atoms with Gasteiger partial charge in [-0.25, -0.2) is 0 Å². The van der Waals surface area contributed by atoms with Gasteiger partial charge in [0.2, 0.25) is 0 Å². The molecule has 0 spiro atoms. The molecule has 1 aromatic rings. The summed E-state index contributed by atoms with van der Waals surface area (Å²) in [7, 11) is 3.41. The van der Waals surface area contributed by atoms with Gasteiger partial charge in [-0.05, 0) is 13.3 Å². The second-order valence-electron chi connectivity index (χ2n) is 4.46. The molecule has 4 heteroatoms. The molecule has 4 nitrogen and oxygen atoms in total. The topological polar surface area (TPSA) is 43.4 Å². The first-order valence-electron chi connectivity index (χ1n) is 6.43. The summed E-state index contributed by atoms with van der Waals surface area (Å²) in [6, 6.07) is 4.28. The molecule has 0 aliphatic heterocycles. The number of nitrogens with one attached hydrogen (secondary N) is 1. The second-order valence-corrected chi connectivity index (χ2v) is 4.46. The molecule has 0 saturated heterocycles. The molecule has 0 aromatic carbocycles. The molecule has 0 bridgehead atoms. The van der Waals surface area contributed by atoms with Crippen molar-refractivity contribution in [1.82, 2.24) is 10.3 Å². The minimum atomic E-state index is 0.383. The van der Waals surface area contributed by atoms with Gasteiger partial charge in [-0.2, -0.15) is 0 Å². The molecule has 1 aromatic heterocycles. The molecule has 0 amide bonds. The van der Waals surface area contributed by atoms with Gasteiger partial charge in [-0.1, -0.05) is 13.3 Å². The van der Waals surface area contributed by atoms with Gasteiger partial charge >= 0.3 is 0 Å². The molecular weight excluding hydrogens is 228 g/mol. The zero-order valence-electron chi connectivity index (χ0n) is 11.8. The molecule has 1 unspecified atom stereocenters. The number of aromatic nitrogens is 1. The number of methoxy groups -OCH3 is 2. The van der Waals surface area contributed by atoms with Gasteiger partial charge in [-0.15, -0.1) is 0 Å². The summed E-state index contributed by atoms with van der Waals surface area (Å²) in [6.45, 7) is 5.63. The second kappa shape index (κ2) is 8.06. The normalized spacial score (nSPS) is 12.4. The van der Waals surface area contributed by atoms with Crippen LogP contribution in [0.5, 0.6) is 5.75 Å². The van der Waals surface area contributed by atoms with Crippen LogP contribution in [0.2, 0.25) is 0 Å². The summed E-state index contributed by atoms with van der Waals surface area (Å²) in [5, 5.41) is 3.47. The molecule has 0 aliphatic rings. The number of pyridine rings is 1. The fourth-order valence-electron chi connectivity index (χ4n) is 1.95. The van der Waals surface area contributed by atoms with Crippen LogP contribution in [0.1, 0.15) is 31.2 Å². The van der Waals surface area contributed by atoms with Crippen molar-refractivity contribution in [2.75, 3.05) is 20.8 Å². The Morgan fingerprint density at radius 1 is 1.33 bits per heavy atom. The maximum absolute atomic E-state index is 5.25. The van der Waals surface area contributed by atoms with Gasteiger partial charge in [0.15, 0.2) is 0 Å². The zero-order chi connectivity index (χ0) is 13.4. The number of hydrogen-bond acceptors (Lipinski definition) is 4. The van der Waals surface area contributed by atoms with Crippen LogP contribution in [0.25, 0.3) is 0 Å². The quantitative estimate of drug-likeness (QED) is 0.771. The lowest BCUT2D eigenvalue weighted by atomic mass is 10.1. The van der Waals surface area contributed by atoms with Gasteiger partial charge in [0.25, 0.3) is 0 Å². The first kappa shape index (κ1) is 14.9. The molecule has 0 saturated carbocycles. The van der Waals surface area contributed by atoms with Crippen LogP contribution in [-0.4, -0.2) is 31.9 Å². The third-order valence-corrected chi connectivity index (χ3v) is 2.79. The molecule has 18 heavy (non-hydrogen) atoms. The van der Waals surface area contributed by atoms with Crippen molar-refractivity contribution in [2.24, 2.45) is 0 Å². The summed E-state index contributed by atoms with van der Waals surface area (Å²) >= 11 is 0. The van der Waals surface area contributed by atoms with Crippen LogP contribution < -0.4 is 10.1 Å². The summed E-state index contributed by atoms with van der Waals surface area (Å²) in [5.41, 5.74) is 1.98. The van der Waals surface area contributed by atoms with Gasteiger partial charge < -0.3 is 14.8 Å². The molecule has 0 radical (unpaired) electrons. The smallest absolute Gasteiger partial charge is 0.122 e. The first-order chi connectivity index (χ1) is 8.69. The van der Waals surface area contributed by atoms with E-state index >= 15 is 0 Å². The Bertz CT molecular complexity index is 350. The standard InChI is InChI=1S/C14H24N2O2/c1-5-6-12(10-17-3)15-9-13-8-14(18-4)7-11(2)16-13/h7-8,12,15H,5-6,9-10H2,1-4H3. The molecule has 0 aliphatic carbocycles. The van der Waals surface area contributed by atoms with Crippen LogP contribution in [0.4, 0.5) is 0 Å². The van der Waals surface area contributed by atoms with Gasteiger partial charge in [0.05, 0.1) is 19.4 Å². The highest BCUT2D eigenvalue weighted by molar-refractivity contribution is 5.26. The van der Waals surface area contributed by atoms with E-state index in [-0.39, 0.29) is 0 Å². The van der Waals surface area contributed by atoms with Crippen molar-refractivity contribution in [3.63, 3.8) is 0 Å². The van der Waals surface area contributed by atoms with Gasteiger partial charge in [0, 0.05) is 37.5 Å². The lowest BCUT2D eigenvalue weighted by Crippen LogP contribution is -2.32. The molecular formula is C14H24N2O2. The minimum absolute atomic E-state index is 0.383. The Kier molecular flexibility index (Phi) is 6.68. The van der Waals surface area contributed by atoms with E-state index in [4.69, 9.17) is 9.47 Å². The third-order valence-electron chi connectivity index (χ3n) is 2.79. The number of ether oxygens (including phenoxy) is 2. The third kappa shape index (κ3) is 5.02. The van der Waals surface area contributed by atoms with Crippen LogP contribution in [0.15, 0.2) is 12.1 Å². The van der Waals surface area contributed by atoms with Gasteiger partial charge in [-0.3, -0.25) is 4.98 Å². The highest BCUT2D eigenvalue weighted by Crippen LogP contribution is 2.13. The number of rotatable bonds is 8. The Balaban J connectivity index is 2.57. The van der Waals surface area contributed by atoms with Crippen molar-refractivity contribution >= 4 is 0 Å². The lowest BCUT2D eigenvalue weighted by Gasteiger charge is -2.17. The van der Waals surface area contributed by atoms with Crippen LogP contribution in [0, 0.1) is 6.92 Å². The van der Waals surface area contributed by atoms with E-state index in [0.29, 0.717) is 6.04 Å². The van der Waals surface area contributed by atoms with E-state index in [1.165, 1.54) is 0 Å². The van der Waals surface area contributed by atoms with E-state index in [1.54, 1.807) is 14.2 Å². The van der Waals surface area contributed by atoms with E-state index in [2.05, 4.69) is 17.2 Å².